The summed E-state index contributed by atoms with van der Waals surface area (Å²) >= 11 is 0. The van der Waals surface area contributed by atoms with Crippen LogP contribution in [0.5, 0.6) is 0 Å². The molecule has 20 heavy (non-hydrogen) atoms. The molecule has 1 saturated heterocycles. The maximum absolute atomic E-state index is 5.97. The van der Waals surface area contributed by atoms with E-state index in [4.69, 9.17) is 9.47 Å². The fourth-order valence-electron chi connectivity index (χ4n) is 3.58. The smallest absolute Gasteiger partial charge is 0.0919 e. The second kappa shape index (κ2) is 5.04. The van der Waals surface area contributed by atoms with Crippen molar-refractivity contribution in [3.63, 3.8) is 0 Å². The zero-order valence-electron chi connectivity index (χ0n) is 11.3. The van der Waals surface area contributed by atoms with Crippen molar-refractivity contribution in [3.8, 4) is 0 Å². The Morgan fingerprint density at radius 2 is 1.00 bits per heavy atom. The number of hydrogen-bond donors (Lipinski definition) is 0. The minimum absolute atomic E-state index is 0.205. The first kappa shape index (κ1) is 12.1. The van der Waals surface area contributed by atoms with E-state index in [0.29, 0.717) is 25.0 Å². The molecule has 0 N–H and O–H groups in total. The fraction of sp³-hybridized carbons (Fsp3) is 0.333. The number of rotatable bonds is 2. The maximum Gasteiger partial charge on any atom is 0.0919 e. The van der Waals surface area contributed by atoms with Gasteiger partial charge in [-0.2, -0.15) is 0 Å². The third kappa shape index (κ3) is 1.88. The van der Waals surface area contributed by atoms with Gasteiger partial charge in [0, 0.05) is 11.8 Å². The minimum Gasteiger partial charge on any atom is -0.372 e. The van der Waals surface area contributed by atoms with Crippen LogP contribution in [0.25, 0.3) is 0 Å². The number of benzene rings is 2. The van der Waals surface area contributed by atoms with Crippen LogP contribution in [0.4, 0.5) is 0 Å². The van der Waals surface area contributed by atoms with Crippen LogP contribution in [-0.4, -0.2) is 25.4 Å². The van der Waals surface area contributed by atoms with Crippen LogP contribution in [0.1, 0.15) is 23.0 Å². The zero-order chi connectivity index (χ0) is 13.4. The standard InChI is InChI=1S/C18H18O2/c1-3-7-13(8-4-1)15-16(14-9-5-2-6-10-14)18-17(15)19-11-12-20-18/h1-10,15-18H,11-12H2/t15-,16+,17-,18+. The zero-order valence-corrected chi connectivity index (χ0v) is 11.3. The maximum atomic E-state index is 5.97. The van der Waals surface area contributed by atoms with Crippen LogP contribution in [0.2, 0.25) is 0 Å². The van der Waals surface area contributed by atoms with Gasteiger partial charge in [0.15, 0.2) is 0 Å². The van der Waals surface area contributed by atoms with Gasteiger partial charge in [-0.3, -0.25) is 0 Å². The van der Waals surface area contributed by atoms with E-state index < -0.39 is 0 Å². The average Bonchev–Trinajstić information content (AvgIpc) is 2.51. The molecule has 0 spiro atoms. The second-order valence-corrected chi connectivity index (χ2v) is 5.54. The van der Waals surface area contributed by atoms with Gasteiger partial charge >= 0.3 is 0 Å². The molecule has 2 aliphatic rings. The molecular weight excluding hydrogens is 248 g/mol. The Balaban J connectivity index is 1.71. The molecule has 1 heterocycles. The first-order chi connectivity index (χ1) is 9.95. The molecule has 0 amide bonds. The van der Waals surface area contributed by atoms with Crippen molar-refractivity contribution < 1.29 is 9.47 Å². The topological polar surface area (TPSA) is 18.5 Å². The Morgan fingerprint density at radius 3 is 1.40 bits per heavy atom. The summed E-state index contributed by atoms with van der Waals surface area (Å²) < 4.78 is 11.9. The van der Waals surface area contributed by atoms with E-state index in [-0.39, 0.29) is 12.2 Å². The second-order valence-electron chi connectivity index (χ2n) is 5.54. The van der Waals surface area contributed by atoms with Crippen molar-refractivity contribution >= 4 is 0 Å². The van der Waals surface area contributed by atoms with Crippen LogP contribution >= 0.6 is 0 Å². The van der Waals surface area contributed by atoms with Crippen LogP contribution in [0, 0.1) is 0 Å². The van der Waals surface area contributed by atoms with E-state index >= 15 is 0 Å². The van der Waals surface area contributed by atoms with Gasteiger partial charge in [0.2, 0.25) is 0 Å². The van der Waals surface area contributed by atoms with E-state index in [1.165, 1.54) is 11.1 Å². The van der Waals surface area contributed by atoms with Crippen molar-refractivity contribution in [1.29, 1.82) is 0 Å². The predicted octanol–water partition coefficient (Wildman–Crippen LogP) is 3.35. The third-order valence-electron chi connectivity index (χ3n) is 4.49. The summed E-state index contributed by atoms with van der Waals surface area (Å²) in [5.74, 6) is 0.813. The summed E-state index contributed by atoms with van der Waals surface area (Å²) in [7, 11) is 0. The molecule has 1 aliphatic carbocycles. The van der Waals surface area contributed by atoms with Gasteiger partial charge in [-0.05, 0) is 11.1 Å². The predicted molar refractivity (Wildman–Crippen MR) is 77.8 cm³/mol. The summed E-state index contributed by atoms with van der Waals surface area (Å²) in [4.78, 5) is 0. The van der Waals surface area contributed by atoms with Gasteiger partial charge in [-0.1, -0.05) is 60.7 Å². The Kier molecular flexibility index (Phi) is 3.06. The number of fused-ring (bicyclic) bond motifs is 1. The normalized spacial score (nSPS) is 32.2. The summed E-state index contributed by atoms with van der Waals surface area (Å²) in [5.41, 5.74) is 2.71. The SMILES string of the molecule is c1ccc([C@@H]2[C@@H]3OCCO[C@@H]3[C@@H]2c2ccccc2)cc1. The summed E-state index contributed by atoms with van der Waals surface area (Å²) in [6.07, 6.45) is 0.410. The highest BCUT2D eigenvalue weighted by Gasteiger charge is 2.54. The molecule has 0 unspecified atom stereocenters. The Labute approximate surface area is 119 Å². The molecule has 102 valence electrons. The average molecular weight is 266 g/mol. The molecule has 2 aromatic rings. The largest absolute Gasteiger partial charge is 0.372 e. The van der Waals surface area contributed by atoms with Gasteiger partial charge in [0.25, 0.3) is 0 Å². The van der Waals surface area contributed by atoms with E-state index in [9.17, 15) is 0 Å². The van der Waals surface area contributed by atoms with Crippen molar-refractivity contribution in [1.82, 2.24) is 0 Å². The Bertz CT molecular complexity index is 513. The summed E-state index contributed by atoms with van der Waals surface area (Å²) in [6, 6.07) is 21.4. The van der Waals surface area contributed by atoms with Crippen LogP contribution in [0.15, 0.2) is 60.7 Å². The summed E-state index contributed by atoms with van der Waals surface area (Å²) in [6.45, 7) is 1.43. The van der Waals surface area contributed by atoms with Crippen molar-refractivity contribution in [3.05, 3.63) is 71.8 Å². The molecule has 2 fully saturated rings. The van der Waals surface area contributed by atoms with Gasteiger partial charge in [-0.15, -0.1) is 0 Å². The van der Waals surface area contributed by atoms with E-state index in [2.05, 4.69) is 60.7 Å². The Hall–Kier alpha value is -1.64. The molecule has 1 saturated carbocycles. The molecule has 4 rings (SSSR count). The molecule has 1 aliphatic heterocycles. The molecule has 0 bridgehead atoms. The molecule has 2 nitrogen and oxygen atoms in total. The van der Waals surface area contributed by atoms with E-state index in [0.717, 1.165) is 0 Å². The molecule has 0 aromatic heterocycles. The quantitative estimate of drug-likeness (QED) is 0.830. The minimum atomic E-state index is 0.205. The highest BCUT2D eigenvalue weighted by molar-refractivity contribution is 5.37. The number of hydrogen-bond acceptors (Lipinski definition) is 2. The Morgan fingerprint density at radius 1 is 0.600 bits per heavy atom. The first-order valence-corrected chi connectivity index (χ1v) is 7.28. The molecule has 4 atom stereocenters. The molecule has 2 heteroatoms. The van der Waals surface area contributed by atoms with Crippen molar-refractivity contribution in [2.45, 2.75) is 24.0 Å². The molecule has 2 aromatic carbocycles. The van der Waals surface area contributed by atoms with Gasteiger partial charge in [0.1, 0.15) is 0 Å². The lowest BCUT2D eigenvalue weighted by Gasteiger charge is -2.53. The van der Waals surface area contributed by atoms with E-state index in [1.807, 2.05) is 0 Å². The lowest BCUT2D eigenvalue weighted by atomic mass is 9.62. The lowest BCUT2D eigenvalue weighted by Crippen LogP contribution is -2.58. The monoisotopic (exact) mass is 266 g/mol. The van der Waals surface area contributed by atoms with Crippen LogP contribution in [0.3, 0.4) is 0 Å². The highest BCUT2D eigenvalue weighted by Crippen LogP contribution is 2.53. The third-order valence-corrected chi connectivity index (χ3v) is 4.49. The van der Waals surface area contributed by atoms with E-state index in [1.54, 1.807) is 0 Å². The lowest BCUT2D eigenvalue weighted by molar-refractivity contribution is -0.210. The molecule has 0 radical (unpaired) electrons. The first-order valence-electron chi connectivity index (χ1n) is 7.28. The number of ether oxygens (including phenoxy) is 2. The highest BCUT2D eigenvalue weighted by atomic mass is 16.6. The van der Waals surface area contributed by atoms with Crippen molar-refractivity contribution in [2.75, 3.05) is 13.2 Å². The van der Waals surface area contributed by atoms with Gasteiger partial charge in [0.05, 0.1) is 25.4 Å². The van der Waals surface area contributed by atoms with Gasteiger partial charge in [-0.25, -0.2) is 0 Å². The fourth-order valence-corrected chi connectivity index (χ4v) is 3.58. The summed E-state index contributed by atoms with van der Waals surface area (Å²) in [5, 5.41) is 0. The van der Waals surface area contributed by atoms with Gasteiger partial charge < -0.3 is 9.47 Å². The van der Waals surface area contributed by atoms with Crippen molar-refractivity contribution in [2.24, 2.45) is 0 Å². The van der Waals surface area contributed by atoms with Crippen LogP contribution < -0.4 is 0 Å². The molecular formula is C18H18O2. The van der Waals surface area contributed by atoms with Crippen LogP contribution in [-0.2, 0) is 9.47 Å².